The van der Waals surface area contributed by atoms with Gasteiger partial charge in [-0.3, -0.25) is 4.79 Å². The monoisotopic (exact) mass is 261 g/mol. The summed E-state index contributed by atoms with van der Waals surface area (Å²) in [5.74, 6) is -0.559. The molecule has 7 heteroatoms. The standard InChI is InChI=1S/C9H11NO4S2/c1-9(2)7(8(12)14-4-15-13)10-5(11)3-6(10)16-9/h4,6-7H,3H2,1-2H3/t6-,7+/m1/s1. The zero-order valence-corrected chi connectivity index (χ0v) is 10.5. The van der Waals surface area contributed by atoms with Crippen molar-refractivity contribution in [1.82, 2.24) is 4.90 Å². The van der Waals surface area contributed by atoms with Crippen molar-refractivity contribution in [3.63, 3.8) is 0 Å². The van der Waals surface area contributed by atoms with Crippen LogP contribution in [0.5, 0.6) is 0 Å². The van der Waals surface area contributed by atoms with Crippen LogP contribution >= 0.6 is 11.8 Å². The molecule has 2 atom stereocenters. The van der Waals surface area contributed by atoms with Crippen LogP contribution in [0.3, 0.4) is 0 Å². The highest BCUT2D eigenvalue weighted by Gasteiger charge is 2.59. The van der Waals surface area contributed by atoms with E-state index in [1.807, 2.05) is 13.8 Å². The fourth-order valence-corrected chi connectivity index (χ4v) is 3.84. The van der Waals surface area contributed by atoms with E-state index in [2.05, 4.69) is 0 Å². The van der Waals surface area contributed by atoms with Gasteiger partial charge in [0.15, 0.2) is 5.55 Å². The predicted molar refractivity (Wildman–Crippen MR) is 61.0 cm³/mol. The van der Waals surface area contributed by atoms with E-state index in [9.17, 15) is 13.8 Å². The van der Waals surface area contributed by atoms with Crippen molar-refractivity contribution in [2.45, 2.75) is 36.4 Å². The molecule has 2 rings (SSSR count). The molecule has 5 nitrogen and oxygen atoms in total. The van der Waals surface area contributed by atoms with Crippen molar-refractivity contribution in [3.8, 4) is 0 Å². The molecular weight excluding hydrogens is 250 g/mol. The number of thioether (sulfide) groups is 1. The SMILES string of the molecule is CC1(C)S[C@@H]2CC(=O)N2[C@H]1C(=O)OC=S=O. The zero-order chi connectivity index (χ0) is 11.9. The van der Waals surface area contributed by atoms with Gasteiger partial charge in [0.2, 0.25) is 5.91 Å². The molecule has 0 unspecified atom stereocenters. The first-order valence-corrected chi connectivity index (χ1v) is 6.45. The molecule has 0 aliphatic carbocycles. The lowest BCUT2D eigenvalue weighted by Gasteiger charge is -2.36. The van der Waals surface area contributed by atoms with E-state index >= 15 is 0 Å². The number of ether oxygens (including phenoxy) is 1. The smallest absolute Gasteiger partial charge is 0.336 e. The largest absolute Gasteiger partial charge is 0.419 e. The number of esters is 1. The van der Waals surface area contributed by atoms with Gasteiger partial charge in [0.25, 0.3) is 0 Å². The van der Waals surface area contributed by atoms with Crippen LogP contribution in [-0.4, -0.2) is 42.7 Å². The van der Waals surface area contributed by atoms with Crippen molar-refractivity contribution in [3.05, 3.63) is 0 Å². The van der Waals surface area contributed by atoms with E-state index < -0.39 is 12.0 Å². The lowest BCUT2D eigenvalue weighted by atomic mass is 9.98. The summed E-state index contributed by atoms with van der Waals surface area (Å²) in [6, 6.07) is -0.591. The highest BCUT2D eigenvalue weighted by atomic mass is 32.2. The lowest BCUT2D eigenvalue weighted by molar-refractivity contribution is -0.156. The molecule has 0 aromatic rings. The molecule has 1 amide bonds. The Morgan fingerprint density at radius 3 is 2.94 bits per heavy atom. The van der Waals surface area contributed by atoms with Gasteiger partial charge in [0.1, 0.15) is 17.3 Å². The number of hydrogen-bond acceptors (Lipinski definition) is 5. The Kier molecular flexibility index (Phi) is 2.83. The highest BCUT2D eigenvalue weighted by molar-refractivity contribution is 8.01. The summed E-state index contributed by atoms with van der Waals surface area (Å²) in [6.07, 6.45) is 0.484. The second kappa shape index (κ2) is 3.89. The molecule has 0 bridgehead atoms. The van der Waals surface area contributed by atoms with Gasteiger partial charge in [-0.05, 0) is 13.8 Å². The van der Waals surface area contributed by atoms with Crippen molar-refractivity contribution in [1.29, 1.82) is 0 Å². The van der Waals surface area contributed by atoms with Crippen molar-refractivity contribution in [2.24, 2.45) is 0 Å². The van der Waals surface area contributed by atoms with Crippen LogP contribution < -0.4 is 0 Å². The molecule has 16 heavy (non-hydrogen) atoms. The summed E-state index contributed by atoms with van der Waals surface area (Å²) >= 11 is 1.68. The number of hydrogen-bond donors (Lipinski definition) is 0. The van der Waals surface area contributed by atoms with Crippen LogP contribution in [0.25, 0.3) is 0 Å². The molecule has 0 aromatic carbocycles. The third-order valence-electron chi connectivity index (χ3n) is 2.75. The molecule has 2 heterocycles. The molecule has 2 aliphatic rings. The Balaban J connectivity index is 2.20. The number of carbonyl (C=O) groups excluding carboxylic acids is 2. The Hall–Kier alpha value is -0.820. The van der Waals surface area contributed by atoms with Gasteiger partial charge >= 0.3 is 5.97 Å². The van der Waals surface area contributed by atoms with E-state index in [4.69, 9.17) is 4.74 Å². The Morgan fingerprint density at radius 2 is 2.38 bits per heavy atom. The molecule has 0 N–H and O–H groups in total. The molecule has 0 spiro atoms. The third-order valence-corrected chi connectivity index (χ3v) is 4.42. The molecule has 0 radical (unpaired) electrons. The number of fused-ring (bicyclic) bond motifs is 1. The summed E-state index contributed by atoms with van der Waals surface area (Å²) in [6.45, 7) is 3.80. The second-order valence-corrected chi connectivity index (χ2v) is 6.43. The Morgan fingerprint density at radius 1 is 1.69 bits per heavy atom. The van der Waals surface area contributed by atoms with E-state index in [0.29, 0.717) is 6.42 Å². The van der Waals surface area contributed by atoms with Gasteiger partial charge in [-0.25, -0.2) is 9.00 Å². The van der Waals surface area contributed by atoms with Crippen molar-refractivity contribution >= 4 is 40.4 Å². The Labute approximate surface area is 101 Å². The first kappa shape index (κ1) is 11.7. The number of β-lactam (4-membered cyclic amide) rings is 1. The molecule has 2 aliphatic heterocycles. The van der Waals surface area contributed by atoms with Crippen LogP contribution in [0.4, 0.5) is 0 Å². The predicted octanol–water partition coefficient (Wildman–Crippen LogP) is -0.0453. The summed E-state index contributed by atoms with van der Waals surface area (Å²) in [7, 11) is 0. The topological polar surface area (TPSA) is 63.7 Å². The van der Waals surface area contributed by atoms with E-state index in [1.54, 1.807) is 16.7 Å². The van der Waals surface area contributed by atoms with Crippen LogP contribution in [0.2, 0.25) is 0 Å². The van der Waals surface area contributed by atoms with Crippen LogP contribution in [0.15, 0.2) is 0 Å². The van der Waals surface area contributed by atoms with Crippen molar-refractivity contribution < 1.29 is 18.5 Å². The minimum Gasteiger partial charge on any atom is -0.419 e. The number of nitrogens with zero attached hydrogens (tertiary/aromatic N) is 1. The van der Waals surface area contributed by atoms with E-state index in [1.165, 1.54) is 0 Å². The first-order chi connectivity index (χ1) is 7.47. The highest BCUT2D eigenvalue weighted by Crippen LogP contribution is 2.50. The molecule has 2 fully saturated rings. The van der Waals surface area contributed by atoms with Crippen LogP contribution in [0.1, 0.15) is 20.3 Å². The maximum absolute atomic E-state index is 11.7. The zero-order valence-electron chi connectivity index (χ0n) is 8.84. The Bertz CT molecular complexity index is 402. The molecule has 0 aromatic heterocycles. The summed E-state index contributed by atoms with van der Waals surface area (Å²) in [5.41, 5.74) is 0.848. The van der Waals surface area contributed by atoms with Gasteiger partial charge in [0.05, 0.1) is 11.8 Å². The van der Waals surface area contributed by atoms with Gasteiger partial charge in [0, 0.05) is 4.75 Å². The molecule has 0 saturated carbocycles. The molecule has 2 saturated heterocycles. The van der Waals surface area contributed by atoms with Gasteiger partial charge in [-0.2, -0.15) is 0 Å². The fraction of sp³-hybridized carbons (Fsp3) is 0.667. The van der Waals surface area contributed by atoms with Gasteiger partial charge in [-0.1, -0.05) is 0 Å². The van der Waals surface area contributed by atoms with Crippen LogP contribution in [-0.2, 0) is 25.6 Å². The fourth-order valence-electron chi connectivity index (χ4n) is 2.09. The van der Waals surface area contributed by atoms with Crippen LogP contribution in [0, 0.1) is 0 Å². The third kappa shape index (κ3) is 1.67. The van der Waals surface area contributed by atoms with E-state index in [0.717, 1.165) is 5.55 Å². The van der Waals surface area contributed by atoms with Crippen molar-refractivity contribution in [2.75, 3.05) is 0 Å². The summed E-state index contributed by atoms with van der Waals surface area (Å²) in [4.78, 5) is 24.7. The second-order valence-electron chi connectivity index (χ2n) is 4.21. The average Bonchev–Trinajstić information content (AvgIpc) is 2.42. The summed E-state index contributed by atoms with van der Waals surface area (Å²) < 4.78 is 14.5. The quantitative estimate of drug-likeness (QED) is 0.396. The summed E-state index contributed by atoms with van der Waals surface area (Å²) in [5, 5.41) is 0.0833. The lowest BCUT2D eigenvalue weighted by Crippen LogP contribution is -2.57. The molecular formula is C9H11NO4S2. The van der Waals surface area contributed by atoms with Gasteiger partial charge in [-0.15, -0.1) is 11.8 Å². The maximum Gasteiger partial charge on any atom is 0.336 e. The minimum atomic E-state index is -0.591. The number of rotatable bonds is 2. The first-order valence-electron chi connectivity index (χ1n) is 4.77. The normalized spacial score (nSPS) is 30.4. The average molecular weight is 261 g/mol. The number of amides is 1. The maximum atomic E-state index is 11.7. The van der Waals surface area contributed by atoms with E-state index in [-0.39, 0.29) is 27.3 Å². The minimum absolute atomic E-state index is 0.0280. The number of carbonyl (C=O) groups is 2. The van der Waals surface area contributed by atoms with Gasteiger partial charge < -0.3 is 9.64 Å². The molecule has 88 valence electrons.